The summed E-state index contributed by atoms with van der Waals surface area (Å²) in [6, 6.07) is 6.60. The molecule has 9 heteroatoms. The van der Waals surface area contributed by atoms with Gasteiger partial charge in [0, 0.05) is 43.5 Å². The Hall–Kier alpha value is -3.62. The van der Waals surface area contributed by atoms with Crippen LogP contribution >= 0.6 is 0 Å². The number of piperazine rings is 1. The van der Waals surface area contributed by atoms with E-state index in [-0.39, 0.29) is 5.91 Å². The Kier molecular flexibility index (Phi) is 5.97. The van der Waals surface area contributed by atoms with Crippen LogP contribution in [-0.2, 0) is 10.3 Å². The summed E-state index contributed by atoms with van der Waals surface area (Å²) in [4.78, 5) is 46.1. The molecule has 33 heavy (non-hydrogen) atoms. The van der Waals surface area contributed by atoms with Gasteiger partial charge in [0.2, 0.25) is 0 Å². The number of methoxy groups -OCH3 is 1. The SMILES string of the molecule is CCC1(c2ccc(C(=O)N3CCN(c4ncc(C)cc4C)CC3)cc2OC)NC(=O)NC1=O. The fourth-order valence-electron chi connectivity index (χ4n) is 4.64. The lowest BCUT2D eigenvalue weighted by Gasteiger charge is -2.36. The molecule has 2 fully saturated rings. The number of benzene rings is 1. The fraction of sp³-hybridized carbons (Fsp3) is 0.417. The average molecular weight is 452 g/mol. The summed E-state index contributed by atoms with van der Waals surface area (Å²) in [5, 5.41) is 5.00. The number of hydrogen-bond donors (Lipinski definition) is 2. The lowest BCUT2D eigenvalue weighted by molar-refractivity contribution is -0.124. The number of nitrogens with one attached hydrogen (secondary N) is 2. The van der Waals surface area contributed by atoms with Crippen LogP contribution in [0.1, 0.15) is 40.4 Å². The molecule has 174 valence electrons. The van der Waals surface area contributed by atoms with Gasteiger partial charge in [0.15, 0.2) is 0 Å². The standard InChI is InChI=1S/C24H29N5O4/c1-5-24(22(31)26-23(32)27-24)18-7-6-17(13-19(18)33-4)21(30)29-10-8-28(9-11-29)20-16(3)12-15(2)14-25-20/h6-7,12-14H,5,8-11H2,1-4H3,(H2,26,27,31,32). The molecular formula is C24H29N5O4. The molecule has 4 rings (SSSR count). The molecule has 2 aliphatic rings. The first-order valence-electron chi connectivity index (χ1n) is 11.1. The Balaban J connectivity index is 1.51. The quantitative estimate of drug-likeness (QED) is 0.675. The third-order valence-electron chi connectivity index (χ3n) is 6.43. The van der Waals surface area contributed by atoms with Crippen LogP contribution in [0.2, 0.25) is 0 Å². The predicted octanol–water partition coefficient (Wildman–Crippen LogP) is 2.11. The molecule has 0 aliphatic carbocycles. The minimum absolute atomic E-state index is 0.0986. The van der Waals surface area contributed by atoms with Crippen molar-refractivity contribution in [3.63, 3.8) is 0 Å². The van der Waals surface area contributed by atoms with Gasteiger partial charge in [0.1, 0.15) is 17.1 Å². The minimum Gasteiger partial charge on any atom is -0.496 e. The van der Waals surface area contributed by atoms with Gasteiger partial charge in [-0.3, -0.25) is 14.9 Å². The summed E-state index contributed by atoms with van der Waals surface area (Å²) < 4.78 is 5.53. The van der Waals surface area contributed by atoms with Gasteiger partial charge in [0.25, 0.3) is 11.8 Å². The Morgan fingerprint density at radius 2 is 1.88 bits per heavy atom. The first-order valence-corrected chi connectivity index (χ1v) is 11.1. The summed E-state index contributed by atoms with van der Waals surface area (Å²) in [5.74, 6) is 0.820. The van der Waals surface area contributed by atoms with Crippen molar-refractivity contribution in [3.05, 3.63) is 52.7 Å². The number of anilines is 1. The maximum atomic E-state index is 13.2. The van der Waals surface area contributed by atoms with Crippen molar-refractivity contribution in [1.82, 2.24) is 20.5 Å². The number of pyridine rings is 1. The predicted molar refractivity (Wildman–Crippen MR) is 123 cm³/mol. The second-order valence-electron chi connectivity index (χ2n) is 8.51. The van der Waals surface area contributed by atoms with Gasteiger partial charge in [-0.05, 0) is 43.5 Å². The summed E-state index contributed by atoms with van der Waals surface area (Å²) in [5.41, 5.74) is 2.04. The van der Waals surface area contributed by atoms with E-state index >= 15 is 0 Å². The van der Waals surface area contributed by atoms with Gasteiger partial charge in [-0.2, -0.15) is 0 Å². The van der Waals surface area contributed by atoms with Gasteiger partial charge in [-0.25, -0.2) is 9.78 Å². The number of carbonyl (C=O) groups is 3. The molecule has 1 aromatic carbocycles. The third kappa shape index (κ3) is 3.99. The van der Waals surface area contributed by atoms with Crippen LogP contribution in [0.4, 0.5) is 10.6 Å². The largest absolute Gasteiger partial charge is 0.496 e. The van der Waals surface area contributed by atoms with Crippen molar-refractivity contribution in [2.24, 2.45) is 0 Å². The first kappa shape index (κ1) is 22.6. The molecule has 4 amide bonds. The van der Waals surface area contributed by atoms with E-state index in [1.54, 1.807) is 18.2 Å². The molecule has 2 saturated heterocycles. The normalized spacial score (nSPS) is 20.5. The van der Waals surface area contributed by atoms with E-state index in [1.165, 1.54) is 7.11 Å². The highest BCUT2D eigenvalue weighted by molar-refractivity contribution is 6.08. The Morgan fingerprint density at radius 3 is 2.45 bits per heavy atom. The van der Waals surface area contributed by atoms with Crippen LogP contribution < -0.4 is 20.3 Å². The van der Waals surface area contributed by atoms with Crippen molar-refractivity contribution in [3.8, 4) is 5.75 Å². The van der Waals surface area contributed by atoms with Crippen molar-refractivity contribution < 1.29 is 19.1 Å². The van der Waals surface area contributed by atoms with Crippen molar-refractivity contribution in [2.45, 2.75) is 32.7 Å². The highest BCUT2D eigenvalue weighted by atomic mass is 16.5. The lowest BCUT2D eigenvalue weighted by atomic mass is 9.86. The number of nitrogens with zero attached hydrogens (tertiary/aromatic N) is 3. The molecule has 0 saturated carbocycles. The van der Waals surface area contributed by atoms with Crippen LogP contribution in [0.3, 0.4) is 0 Å². The molecule has 0 radical (unpaired) electrons. The monoisotopic (exact) mass is 451 g/mol. The zero-order chi connectivity index (χ0) is 23.8. The van der Waals surface area contributed by atoms with Crippen LogP contribution in [-0.4, -0.2) is 61.0 Å². The van der Waals surface area contributed by atoms with E-state index in [1.807, 2.05) is 24.9 Å². The minimum atomic E-state index is -1.21. The number of urea groups is 1. The first-order chi connectivity index (χ1) is 15.8. The lowest BCUT2D eigenvalue weighted by Crippen LogP contribution is -2.49. The van der Waals surface area contributed by atoms with E-state index in [4.69, 9.17) is 4.74 Å². The van der Waals surface area contributed by atoms with Gasteiger partial charge < -0.3 is 19.9 Å². The highest BCUT2D eigenvalue weighted by Crippen LogP contribution is 2.36. The van der Waals surface area contributed by atoms with E-state index in [2.05, 4.69) is 33.5 Å². The van der Waals surface area contributed by atoms with E-state index < -0.39 is 17.5 Å². The third-order valence-corrected chi connectivity index (χ3v) is 6.43. The molecule has 2 N–H and O–H groups in total. The van der Waals surface area contributed by atoms with Gasteiger partial charge in [-0.1, -0.05) is 19.1 Å². The van der Waals surface area contributed by atoms with Crippen molar-refractivity contribution >= 4 is 23.7 Å². The van der Waals surface area contributed by atoms with Crippen molar-refractivity contribution in [2.75, 3.05) is 38.2 Å². The average Bonchev–Trinajstić information content (AvgIpc) is 3.12. The van der Waals surface area contributed by atoms with Gasteiger partial charge in [-0.15, -0.1) is 0 Å². The van der Waals surface area contributed by atoms with Crippen LogP contribution in [0, 0.1) is 13.8 Å². The van der Waals surface area contributed by atoms with E-state index in [0.29, 0.717) is 49.5 Å². The fourth-order valence-corrected chi connectivity index (χ4v) is 4.64. The highest BCUT2D eigenvalue weighted by Gasteiger charge is 2.48. The molecular weight excluding hydrogens is 422 g/mol. The zero-order valence-corrected chi connectivity index (χ0v) is 19.4. The Bertz CT molecular complexity index is 1110. The molecule has 9 nitrogen and oxygen atoms in total. The molecule has 1 aromatic heterocycles. The summed E-state index contributed by atoms with van der Waals surface area (Å²) in [7, 11) is 1.49. The molecule has 1 atom stereocenters. The topological polar surface area (TPSA) is 104 Å². The number of hydrogen-bond acceptors (Lipinski definition) is 6. The number of aryl methyl sites for hydroxylation is 2. The van der Waals surface area contributed by atoms with Crippen LogP contribution in [0.5, 0.6) is 5.75 Å². The second kappa shape index (κ2) is 8.73. The number of rotatable bonds is 5. The number of carbonyl (C=O) groups excluding carboxylic acids is 3. The Labute approximate surface area is 193 Å². The van der Waals surface area contributed by atoms with Gasteiger partial charge in [0.05, 0.1) is 7.11 Å². The molecule has 1 unspecified atom stereocenters. The maximum Gasteiger partial charge on any atom is 0.322 e. The molecule has 3 heterocycles. The van der Waals surface area contributed by atoms with E-state index in [0.717, 1.165) is 16.9 Å². The number of ether oxygens (including phenoxy) is 1. The van der Waals surface area contributed by atoms with Crippen LogP contribution in [0.15, 0.2) is 30.5 Å². The zero-order valence-electron chi connectivity index (χ0n) is 19.4. The maximum absolute atomic E-state index is 13.2. The second-order valence-corrected chi connectivity index (χ2v) is 8.51. The summed E-state index contributed by atoms with van der Waals surface area (Å²) >= 11 is 0. The van der Waals surface area contributed by atoms with E-state index in [9.17, 15) is 14.4 Å². The number of aromatic nitrogens is 1. The molecule has 0 bridgehead atoms. The molecule has 2 aliphatic heterocycles. The smallest absolute Gasteiger partial charge is 0.322 e. The summed E-state index contributed by atoms with van der Waals surface area (Å²) in [6.45, 7) is 8.44. The molecule has 0 spiro atoms. The summed E-state index contributed by atoms with van der Waals surface area (Å²) in [6.07, 6.45) is 2.21. The Morgan fingerprint density at radius 1 is 1.15 bits per heavy atom. The molecule has 2 aromatic rings. The van der Waals surface area contributed by atoms with Gasteiger partial charge >= 0.3 is 6.03 Å². The van der Waals surface area contributed by atoms with Crippen LogP contribution in [0.25, 0.3) is 0 Å². The van der Waals surface area contributed by atoms with Crippen molar-refractivity contribution in [1.29, 1.82) is 0 Å². The number of amides is 4. The number of imide groups is 1.